The van der Waals surface area contributed by atoms with Gasteiger partial charge in [0, 0.05) is 24.4 Å². The largest absolute Gasteiger partial charge is 0.368 e. The van der Waals surface area contributed by atoms with Crippen molar-refractivity contribution in [3.8, 4) is 0 Å². The number of anilines is 1. The highest BCUT2D eigenvalue weighted by Gasteiger charge is 2.35. The van der Waals surface area contributed by atoms with E-state index in [1.165, 1.54) is 14.2 Å². The Morgan fingerprint density at radius 2 is 1.57 bits per heavy atom. The topological polar surface area (TPSA) is 47.6 Å². The van der Waals surface area contributed by atoms with Crippen molar-refractivity contribution in [2.45, 2.75) is 5.78 Å². The van der Waals surface area contributed by atoms with E-state index in [4.69, 9.17) is 9.05 Å². The zero-order chi connectivity index (χ0) is 15.3. The summed E-state index contributed by atoms with van der Waals surface area (Å²) in [5.41, 5.74) is 1.67. The van der Waals surface area contributed by atoms with Gasteiger partial charge in [-0.2, -0.15) is 0 Å². The minimum absolute atomic E-state index is 0.574. The Bertz CT molecular complexity index is 611. The van der Waals surface area contributed by atoms with Crippen molar-refractivity contribution in [2.75, 3.05) is 19.5 Å². The van der Waals surface area contributed by atoms with Crippen LogP contribution in [0.1, 0.15) is 11.3 Å². The Balaban J connectivity index is 2.37. The fourth-order valence-electron chi connectivity index (χ4n) is 1.97. The summed E-state index contributed by atoms with van der Waals surface area (Å²) in [4.78, 5) is 0. The maximum atomic E-state index is 12.8. The summed E-state index contributed by atoms with van der Waals surface area (Å²) in [5, 5.41) is 3.23. The van der Waals surface area contributed by atoms with Crippen molar-refractivity contribution in [1.29, 1.82) is 0 Å². The second-order valence-corrected chi connectivity index (χ2v) is 7.61. The van der Waals surface area contributed by atoms with Gasteiger partial charge in [-0.05, 0) is 29.8 Å². The predicted molar refractivity (Wildman–Crippen MR) is 88.6 cm³/mol. The predicted octanol–water partition coefficient (Wildman–Crippen LogP) is 5.05. The molecule has 0 aliphatic carbocycles. The Morgan fingerprint density at radius 1 is 1.00 bits per heavy atom. The van der Waals surface area contributed by atoms with E-state index >= 15 is 0 Å². The van der Waals surface area contributed by atoms with Gasteiger partial charge in [-0.3, -0.25) is 4.57 Å². The molecular formula is C15H17BrNO3P. The number of hydrogen-bond acceptors (Lipinski definition) is 4. The van der Waals surface area contributed by atoms with Gasteiger partial charge < -0.3 is 14.4 Å². The molecule has 0 aliphatic rings. The van der Waals surface area contributed by atoms with Crippen molar-refractivity contribution < 1.29 is 13.6 Å². The van der Waals surface area contributed by atoms with Gasteiger partial charge in [0.05, 0.1) is 0 Å². The van der Waals surface area contributed by atoms with Crippen LogP contribution in [-0.4, -0.2) is 14.2 Å². The zero-order valence-electron chi connectivity index (χ0n) is 11.8. The van der Waals surface area contributed by atoms with Crippen LogP contribution in [0.3, 0.4) is 0 Å². The molecule has 2 rings (SSSR count). The van der Waals surface area contributed by atoms with Crippen LogP contribution in [0.4, 0.5) is 5.69 Å². The molecule has 2 aromatic carbocycles. The van der Waals surface area contributed by atoms with Crippen molar-refractivity contribution in [3.05, 3.63) is 64.6 Å². The van der Waals surface area contributed by atoms with E-state index in [2.05, 4.69) is 21.2 Å². The van der Waals surface area contributed by atoms with E-state index in [0.717, 1.165) is 15.7 Å². The Kier molecular flexibility index (Phi) is 5.59. The Hall–Kier alpha value is -1.13. The van der Waals surface area contributed by atoms with Crippen LogP contribution < -0.4 is 5.32 Å². The lowest BCUT2D eigenvalue weighted by molar-refractivity contribution is 0.268. The first-order valence-corrected chi connectivity index (χ1v) is 8.78. The third kappa shape index (κ3) is 3.95. The second kappa shape index (κ2) is 7.23. The highest BCUT2D eigenvalue weighted by Crippen LogP contribution is 2.59. The van der Waals surface area contributed by atoms with Gasteiger partial charge in [0.25, 0.3) is 0 Å². The third-order valence-electron chi connectivity index (χ3n) is 3.09. The lowest BCUT2D eigenvalue weighted by atomic mass is 10.2. The monoisotopic (exact) mass is 369 g/mol. The summed E-state index contributed by atoms with van der Waals surface area (Å²) < 4.78 is 24.1. The van der Waals surface area contributed by atoms with Gasteiger partial charge >= 0.3 is 7.60 Å². The van der Waals surface area contributed by atoms with E-state index in [0.29, 0.717) is 0 Å². The Labute approximate surface area is 133 Å². The number of benzene rings is 2. The van der Waals surface area contributed by atoms with E-state index in [-0.39, 0.29) is 0 Å². The summed E-state index contributed by atoms with van der Waals surface area (Å²) >= 11 is 3.39. The standard InChI is InChI=1S/C15H17BrNO3P/c1-19-21(18,20-2)15(12-6-4-3-5-7-12)17-14-10-8-13(16)9-11-14/h3-11,15,17H,1-2H3/t15-/m0/s1. The molecule has 0 unspecified atom stereocenters. The fourth-order valence-corrected chi connectivity index (χ4v) is 3.65. The molecule has 0 bridgehead atoms. The molecule has 0 spiro atoms. The fraction of sp³-hybridized carbons (Fsp3) is 0.200. The van der Waals surface area contributed by atoms with Gasteiger partial charge in [0.15, 0.2) is 5.78 Å². The minimum Gasteiger partial charge on any atom is -0.368 e. The normalized spacial score (nSPS) is 12.9. The van der Waals surface area contributed by atoms with Crippen LogP contribution >= 0.6 is 23.5 Å². The summed E-state index contributed by atoms with van der Waals surface area (Å²) in [6, 6.07) is 17.1. The number of halogens is 1. The summed E-state index contributed by atoms with van der Waals surface area (Å²) in [5.74, 6) is -0.574. The smallest absolute Gasteiger partial charge is 0.356 e. The molecule has 0 aliphatic heterocycles. The van der Waals surface area contributed by atoms with E-state index in [9.17, 15) is 4.57 Å². The van der Waals surface area contributed by atoms with Crippen LogP contribution in [0, 0.1) is 0 Å². The van der Waals surface area contributed by atoms with Gasteiger partial charge in [-0.1, -0.05) is 46.3 Å². The molecule has 0 fully saturated rings. The van der Waals surface area contributed by atoms with Gasteiger partial charge in [-0.15, -0.1) is 0 Å². The molecule has 0 aromatic heterocycles. The molecule has 0 radical (unpaired) electrons. The number of hydrogen-bond donors (Lipinski definition) is 1. The van der Waals surface area contributed by atoms with Gasteiger partial charge in [0.1, 0.15) is 0 Å². The van der Waals surface area contributed by atoms with Crippen molar-refractivity contribution in [2.24, 2.45) is 0 Å². The SMILES string of the molecule is COP(=O)(OC)[C@H](Nc1ccc(Br)cc1)c1ccccc1. The molecule has 21 heavy (non-hydrogen) atoms. The van der Waals surface area contributed by atoms with Crippen LogP contribution in [0.15, 0.2) is 59.1 Å². The molecule has 1 atom stereocenters. The van der Waals surface area contributed by atoms with Crippen LogP contribution in [-0.2, 0) is 13.6 Å². The van der Waals surface area contributed by atoms with Crippen molar-refractivity contribution in [3.63, 3.8) is 0 Å². The maximum Gasteiger partial charge on any atom is 0.356 e. The first kappa shape index (κ1) is 16.2. The Morgan fingerprint density at radius 3 is 2.10 bits per heavy atom. The first-order valence-electron chi connectivity index (χ1n) is 6.37. The van der Waals surface area contributed by atoms with E-state index < -0.39 is 13.4 Å². The van der Waals surface area contributed by atoms with Crippen LogP contribution in [0.25, 0.3) is 0 Å². The maximum absolute atomic E-state index is 12.8. The van der Waals surface area contributed by atoms with Crippen LogP contribution in [0.5, 0.6) is 0 Å². The molecule has 6 heteroatoms. The molecule has 1 N–H and O–H groups in total. The third-order valence-corrected chi connectivity index (χ3v) is 5.69. The summed E-state index contributed by atoms with van der Waals surface area (Å²) in [6.07, 6.45) is 0. The summed E-state index contributed by atoms with van der Waals surface area (Å²) in [7, 11) is -0.529. The molecule has 0 amide bonds. The summed E-state index contributed by atoms with van der Waals surface area (Å²) in [6.45, 7) is 0. The molecule has 0 saturated carbocycles. The number of rotatable bonds is 6. The highest BCUT2D eigenvalue weighted by atomic mass is 79.9. The average Bonchev–Trinajstić information content (AvgIpc) is 2.54. The van der Waals surface area contributed by atoms with E-state index in [1.807, 2.05) is 54.6 Å². The minimum atomic E-state index is -3.31. The lowest BCUT2D eigenvalue weighted by Crippen LogP contribution is -2.13. The average molecular weight is 370 g/mol. The quantitative estimate of drug-likeness (QED) is 0.724. The van der Waals surface area contributed by atoms with E-state index in [1.54, 1.807) is 0 Å². The molecular weight excluding hydrogens is 353 g/mol. The molecule has 0 saturated heterocycles. The second-order valence-electron chi connectivity index (χ2n) is 4.37. The van der Waals surface area contributed by atoms with Crippen molar-refractivity contribution in [1.82, 2.24) is 0 Å². The molecule has 4 nitrogen and oxygen atoms in total. The molecule has 2 aromatic rings. The molecule has 0 heterocycles. The zero-order valence-corrected chi connectivity index (χ0v) is 14.3. The van der Waals surface area contributed by atoms with Gasteiger partial charge in [0.2, 0.25) is 0 Å². The first-order chi connectivity index (χ1) is 10.1. The highest BCUT2D eigenvalue weighted by molar-refractivity contribution is 9.10. The lowest BCUT2D eigenvalue weighted by Gasteiger charge is -2.26. The van der Waals surface area contributed by atoms with Gasteiger partial charge in [-0.25, -0.2) is 0 Å². The number of nitrogens with one attached hydrogen (secondary N) is 1. The van der Waals surface area contributed by atoms with Crippen molar-refractivity contribution >= 4 is 29.2 Å². The molecule has 112 valence electrons. The van der Waals surface area contributed by atoms with Crippen LogP contribution in [0.2, 0.25) is 0 Å².